The predicted molar refractivity (Wildman–Crippen MR) is 70.2 cm³/mol. The molecular weight excluding hydrogens is 303 g/mol. The molecule has 0 aliphatic rings. The third-order valence-corrected chi connectivity index (χ3v) is 2.44. The van der Waals surface area contributed by atoms with Crippen LogP contribution in [0, 0.1) is 20.2 Å². The quantitative estimate of drug-likeness (QED) is 0.258. The van der Waals surface area contributed by atoms with E-state index >= 15 is 0 Å². The third kappa shape index (κ3) is 3.81. The van der Waals surface area contributed by atoms with Crippen LogP contribution in [-0.4, -0.2) is 33.9 Å². The molecule has 22 heavy (non-hydrogen) atoms. The smallest absolute Gasteiger partial charge is 0.349 e. The highest BCUT2D eigenvalue weighted by Gasteiger charge is 2.34. The highest BCUT2D eigenvalue weighted by molar-refractivity contribution is 6.13. The Labute approximate surface area is 123 Å². The van der Waals surface area contributed by atoms with Crippen molar-refractivity contribution < 1.29 is 28.6 Å². The maximum Gasteiger partial charge on any atom is 0.349 e. The highest BCUT2D eigenvalue weighted by atomic mass is 19.1. The van der Waals surface area contributed by atoms with Crippen LogP contribution < -0.4 is 0 Å². The third-order valence-electron chi connectivity index (χ3n) is 2.44. The molecule has 118 valence electrons. The van der Waals surface area contributed by atoms with Gasteiger partial charge in [-0.3, -0.25) is 25.0 Å². The summed E-state index contributed by atoms with van der Waals surface area (Å²) in [4.78, 5) is 42.6. The van der Waals surface area contributed by atoms with Gasteiger partial charge in [-0.1, -0.05) is 0 Å². The van der Waals surface area contributed by atoms with Crippen LogP contribution in [0.25, 0.3) is 0 Å². The molecule has 1 aromatic rings. The van der Waals surface area contributed by atoms with Gasteiger partial charge in [-0.05, 0) is 19.9 Å². The average Bonchev–Trinajstić information content (AvgIpc) is 2.44. The van der Waals surface area contributed by atoms with Gasteiger partial charge in [0, 0.05) is 6.07 Å². The molecule has 0 spiro atoms. The number of halogens is 1. The Morgan fingerprint density at radius 3 is 2.23 bits per heavy atom. The average molecular weight is 314 g/mol. The van der Waals surface area contributed by atoms with Gasteiger partial charge in [0.05, 0.1) is 27.6 Å². The minimum atomic E-state index is -2.75. The number of benzene rings is 1. The Balaban J connectivity index is 3.20. The number of ketones is 1. The van der Waals surface area contributed by atoms with E-state index < -0.39 is 50.8 Å². The molecule has 0 amide bonds. The van der Waals surface area contributed by atoms with E-state index in [1.165, 1.54) is 13.8 Å². The van der Waals surface area contributed by atoms with E-state index in [-0.39, 0.29) is 0 Å². The standard InChI is InChI=1S/C12H11FN2O7/c1-6(2)22-12(17)10(13)11(16)8-4-3-7(14(18)19)5-9(8)15(20)21/h3-6,10H,1-2H3. The topological polar surface area (TPSA) is 130 Å². The first kappa shape index (κ1) is 17.1. The van der Waals surface area contributed by atoms with E-state index in [4.69, 9.17) is 0 Å². The van der Waals surface area contributed by atoms with Crippen LogP contribution in [0.15, 0.2) is 18.2 Å². The van der Waals surface area contributed by atoms with Crippen LogP contribution >= 0.6 is 0 Å². The summed E-state index contributed by atoms with van der Waals surface area (Å²) in [6.45, 7) is 2.87. The van der Waals surface area contributed by atoms with Crippen LogP contribution in [0.2, 0.25) is 0 Å². The predicted octanol–water partition coefficient (Wildman–Crippen LogP) is 1.98. The van der Waals surface area contributed by atoms with Gasteiger partial charge in [0.25, 0.3) is 17.5 Å². The number of nitro benzene ring substituents is 2. The van der Waals surface area contributed by atoms with Crippen molar-refractivity contribution in [1.29, 1.82) is 0 Å². The number of hydrogen-bond donors (Lipinski definition) is 0. The molecule has 0 radical (unpaired) electrons. The lowest BCUT2D eigenvalue weighted by atomic mass is 10.0. The van der Waals surface area contributed by atoms with Crippen molar-refractivity contribution in [3.05, 3.63) is 44.0 Å². The molecule has 1 unspecified atom stereocenters. The molecule has 10 heteroatoms. The SMILES string of the molecule is CC(C)OC(=O)C(F)C(=O)c1ccc([N+](=O)[O-])cc1[N+](=O)[O-]. The first-order chi connectivity index (χ1) is 10.1. The van der Waals surface area contributed by atoms with Gasteiger partial charge in [-0.2, -0.15) is 0 Å². The minimum absolute atomic E-state index is 0.522. The van der Waals surface area contributed by atoms with Crippen molar-refractivity contribution >= 4 is 23.1 Å². The number of Topliss-reactive ketones (excluding diaryl/α,β-unsaturated/α-hetero) is 1. The number of nitro groups is 2. The summed E-state index contributed by atoms with van der Waals surface area (Å²) < 4.78 is 18.3. The van der Waals surface area contributed by atoms with Crippen molar-refractivity contribution in [3.8, 4) is 0 Å². The van der Waals surface area contributed by atoms with Gasteiger partial charge in [0.2, 0.25) is 5.78 Å². The largest absolute Gasteiger partial charge is 0.460 e. The maximum absolute atomic E-state index is 13.8. The lowest BCUT2D eigenvalue weighted by Gasteiger charge is -2.10. The second kappa shape index (κ2) is 6.70. The van der Waals surface area contributed by atoms with E-state index in [0.29, 0.717) is 6.07 Å². The lowest BCUT2D eigenvalue weighted by molar-refractivity contribution is -0.394. The number of hydrogen-bond acceptors (Lipinski definition) is 7. The van der Waals surface area contributed by atoms with Crippen LogP contribution in [0.5, 0.6) is 0 Å². The molecule has 1 atom stereocenters. The first-order valence-corrected chi connectivity index (χ1v) is 5.96. The molecule has 0 saturated heterocycles. The Bertz CT molecular complexity index is 644. The fraction of sp³-hybridized carbons (Fsp3) is 0.333. The van der Waals surface area contributed by atoms with Crippen molar-refractivity contribution in [2.75, 3.05) is 0 Å². The van der Waals surface area contributed by atoms with Crippen LogP contribution in [-0.2, 0) is 9.53 Å². The number of rotatable bonds is 6. The van der Waals surface area contributed by atoms with Crippen molar-refractivity contribution in [1.82, 2.24) is 0 Å². The van der Waals surface area contributed by atoms with Crippen LogP contribution in [0.1, 0.15) is 24.2 Å². The van der Waals surface area contributed by atoms with E-state index in [2.05, 4.69) is 4.74 Å². The molecule has 0 heterocycles. The molecule has 0 aromatic heterocycles. The summed E-state index contributed by atoms with van der Waals surface area (Å²) in [7, 11) is 0. The Morgan fingerprint density at radius 2 is 1.77 bits per heavy atom. The Hall–Kier alpha value is -2.91. The zero-order valence-corrected chi connectivity index (χ0v) is 11.5. The first-order valence-electron chi connectivity index (χ1n) is 5.96. The number of non-ortho nitro benzene ring substituents is 1. The zero-order chi connectivity index (χ0) is 17.0. The lowest BCUT2D eigenvalue weighted by Crippen LogP contribution is -2.30. The summed E-state index contributed by atoms with van der Waals surface area (Å²) in [5.41, 5.74) is -2.34. The van der Waals surface area contributed by atoms with E-state index in [1.54, 1.807) is 0 Å². The molecule has 1 aromatic carbocycles. The van der Waals surface area contributed by atoms with Gasteiger partial charge in [0.1, 0.15) is 0 Å². The van der Waals surface area contributed by atoms with Gasteiger partial charge in [-0.25, -0.2) is 9.18 Å². The summed E-state index contributed by atoms with van der Waals surface area (Å²) >= 11 is 0. The summed E-state index contributed by atoms with van der Waals surface area (Å²) in [5, 5.41) is 21.4. The molecule has 0 aliphatic carbocycles. The monoisotopic (exact) mass is 314 g/mol. The molecule has 9 nitrogen and oxygen atoms in total. The van der Waals surface area contributed by atoms with E-state index in [0.717, 1.165) is 12.1 Å². The maximum atomic E-state index is 13.8. The fourth-order valence-electron chi connectivity index (χ4n) is 1.53. The molecule has 1 rings (SSSR count). The van der Waals surface area contributed by atoms with Gasteiger partial charge in [-0.15, -0.1) is 0 Å². The second-order valence-corrected chi connectivity index (χ2v) is 4.43. The Morgan fingerprint density at radius 1 is 1.18 bits per heavy atom. The molecule has 0 saturated carbocycles. The normalized spacial score (nSPS) is 11.8. The van der Waals surface area contributed by atoms with Crippen LogP contribution in [0.4, 0.5) is 15.8 Å². The van der Waals surface area contributed by atoms with E-state index in [9.17, 15) is 34.2 Å². The van der Waals surface area contributed by atoms with Crippen molar-refractivity contribution in [2.45, 2.75) is 26.1 Å². The summed E-state index contributed by atoms with van der Waals surface area (Å²) in [6, 6.07) is 2.06. The van der Waals surface area contributed by atoms with Crippen LogP contribution in [0.3, 0.4) is 0 Å². The highest BCUT2D eigenvalue weighted by Crippen LogP contribution is 2.26. The number of ether oxygens (including phenoxy) is 1. The number of esters is 1. The fourth-order valence-corrected chi connectivity index (χ4v) is 1.53. The van der Waals surface area contributed by atoms with E-state index in [1.807, 2.05) is 0 Å². The summed E-state index contributed by atoms with van der Waals surface area (Å²) in [6.07, 6.45) is -3.42. The number of nitrogens with zero attached hydrogens (tertiary/aromatic N) is 2. The number of carbonyl (C=O) groups excluding carboxylic acids is 2. The molecular formula is C12H11FN2O7. The number of carbonyl (C=O) groups is 2. The van der Waals surface area contributed by atoms with Gasteiger partial charge < -0.3 is 4.74 Å². The number of alkyl halides is 1. The molecule has 0 bridgehead atoms. The molecule has 0 N–H and O–H groups in total. The van der Waals surface area contributed by atoms with Crippen molar-refractivity contribution in [3.63, 3.8) is 0 Å². The zero-order valence-electron chi connectivity index (χ0n) is 11.5. The minimum Gasteiger partial charge on any atom is -0.460 e. The summed E-state index contributed by atoms with van der Waals surface area (Å²) in [5.74, 6) is -2.97. The Kier molecular flexibility index (Phi) is 5.22. The van der Waals surface area contributed by atoms with Gasteiger partial charge in [0.15, 0.2) is 0 Å². The van der Waals surface area contributed by atoms with Gasteiger partial charge >= 0.3 is 5.97 Å². The molecule has 0 fully saturated rings. The second-order valence-electron chi connectivity index (χ2n) is 4.43. The van der Waals surface area contributed by atoms with Crippen molar-refractivity contribution in [2.24, 2.45) is 0 Å². The molecule has 0 aliphatic heterocycles.